The topological polar surface area (TPSA) is 92.8 Å². The van der Waals surface area contributed by atoms with Gasteiger partial charge >= 0.3 is 5.97 Å². The van der Waals surface area contributed by atoms with Crippen molar-refractivity contribution in [1.29, 1.82) is 5.26 Å². The summed E-state index contributed by atoms with van der Waals surface area (Å²) in [6, 6.07) is 18.4. The van der Waals surface area contributed by atoms with Gasteiger partial charge in [-0.2, -0.15) is 5.26 Å². The normalized spacial score (nSPS) is 15.7. The van der Waals surface area contributed by atoms with Gasteiger partial charge in [-0.1, -0.05) is 35.9 Å². The van der Waals surface area contributed by atoms with Crippen molar-refractivity contribution in [2.45, 2.75) is 19.4 Å². The number of para-hydroxylation sites is 1. The fourth-order valence-corrected chi connectivity index (χ4v) is 6.43. The van der Waals surface area contributed by atoms with E-state index in [-0.39, 0.29) is 21.6 Å². The van der Waals surface area contributed by atoms with Gasteiger partial charge in [0.05, 0.1) is 32.9 Å². The van der Waals surface area contributed by atoms with Crippen LogP contribution >= 0.6 is 11.6 Å². The average Bonchev–Trinajstić information content (AvgIpc) is 3.51. The zero-order chi connectivity index (χ0) is 29.4. The van der Waals surface area contributed by atoms with Crippen LogP contribution in [0.5, 0.6) is 0 Å². The minimum atomic E-state index is -1.39. The third-order valence-electron chi connectivity index (χ3n) is 8.17. The fraction of sp³-hybridized carbons (Fsp3) is 0.281. The molecule has 0 amide bonds. The van der Waals surface area contributed by atoms with Gasteiger partial charge in [-0.15, -0.1) is 0 Å². The molecule has 3 aromatic carbocycles. The monoisotopic (exact) mass is 585 g/mol. The highest BCUT2D eigenvalue weighted by Crippen LogP contribution is 2.37. The zero-order valence-corrected chi connectivity index (χ0v) is 23.6. The van der Waals surface area contributed by atoms with Crippen LogP contribution in [-0.2, 0) is 6.54 Å². The lowest BCUT2D eigenvalue weighted by atomic mass is 10.1. The molecule has 0 radical (unpaired) electrons. The van der Waals surface area contributed by atoms with Crippen molar-refractivity contribution in [3.05, 3.63) is 98.5 Å². The van der Waals surface area contributed by atoms with Gasteiger partial charge in [-0.05, 0) is 61.8 Å². The number of aromatic nitrogens is 1. The molecule has 2 aliphatic rings. The van der Waals surface area contributed by atoms with Gasteiger partial charge in [0.1, 0.15) is 17.4 Å². The van der Waals surface area contributed by atoms with Crippen LogP contribution in [0.3, 0.4) is 0 Å². The van der Waals surface area contributed by atoms with Gasteiger partial charge in [0.25, 0.3) is 0 Å². The maximum Gasteiger partial charge on any atom is 0.341 e. The lowest BCUT2D eigenvalue weighted by Crippen LogP contribution is -2.47. The molecule has 4 aromatic rings. The van der Waals surface area contributed by atoms with Crippen LogP contribution in [-0.4, -0.2) is 59.8 Å². The smallest absolute Gasteiger partial charge is 0.341 e. The van der Waals surface area contributed by atoms with Crippen LogP contribution in [0.2, 0.25) is 5.02 Å². The number of benzene rings is 3. The van der Waals surface area contributed by atoms with E-state index in [0.717, 1.165) is 37.0 Å². The number of aromatic carboxylic acids is 1. The predicted octanol–water partition coefficient (Wildman–Crippen LogP) is 5.28. The molecule has 214 valence electrons. The summed E-state index contributed by atoms with van der Waals surface area (Å²) >= 11 is 6.93. The number of piperazine rings is 1. The maximum atomic E-state index is 15.7. The molecule has 2 fully saturated rings. The molecule has 0 atom stereocenters. The van der Waals surface area contributed by atoms with E-state index in [1.165, 1.54) is 19.0 Å². The summed E-state index contributed by atoms with van der Waals surface area (Å²) in [6.45, 7) is 4.90. The summed E-state index contributed by atoms with van der Waals surface area (Å²) in [5, 5.41) is 19.2. The third kappa shape index (κ3) is 5.08. The Morgan fingerprint density at radius 1 is 0.976 bits per heavy atom. The van der Waals surface area contributed by atoms with E-state index in [9.17, 15) is 20.0 Å². The molecule has 3 heterocycles. The Labute approximate surface area is 247 Å². The minimum Gasteiger partial charge on any atom is -0.477 e. The Morgan fingerprint density at radius 2 is 1.64 bits per heavy atom. The van der Waals surface area contributed by atoms with E-state index < -0.39 is 22.8 Å². The molecule has 2 aliphatic heterocycles. The van der Waals surface area contributed by atoms with Crippen molar-refractivity contribution in [3.8, 4) is 11.8 Å². The number of nitrogens with zero attached hydrogens (tertiary/aromatic N) is 5. The number of anilines is 2. The number of halogens is 2. The Balaban J connectivity index is 1.39. The molecule has 8 nitrogen and oxygen atoms in total. The number of rotatable bonds is 6. The summed E-state index contributed by atoms with van der Waals surface area (Å²) < 4.78 is 17.3. The highest BCUT2D eigenvalue weighted by atomic mass is 35.5. The number of hydrogen-bond acceptors (Lipinski definition) is 6. The molecule has 0 aliphatic carbocycles. The predicted molar refractivity (Wildman–Crippen MR) is 162 cm³/mol. The Hall–Kier alpha value is -4.39. The number of carboxylic acid groups (broad SMARTS) is 1. The molecule has 42 heavy (non-hydrogen) atoms. The van der Waals surface area contributed by atoms with Crippen molar-refractivity contribution in [2.75, 3.05) is 49.1 Å². The summed E-state index contributed by atoms with van der Waals surface area (Å²) in [7, 11) is 0. The lowest BCUT2D eigenvalue weighted by Gasteiger charge is -2.38. The van der Waals surface area contributed by atoms with Crippen LogP contribution in [0.15, 0.2) is 65.6 Å². The number of fused-ring (bicyclic) bond motifs is 1. The fourth-order valence-electron chi connectivity index (χ4n) is 6.03. The van der Waals surface area contributed by atoms with Crippen molar-refractivity contribution in [1.82, 2.24) is 9.47 Å². The van der Waals surface area contributed by atoms with Crippen molar-refractivity contribution in [3.63, 3.8) is 0 Å². The molecule has 0 unspecified atom stereocenters. The van der Waals surface area contributed by atoms with Gasteiger partial charge < -0.3 is 19.5 Å². The molecular weight excluding hydrogens is 557 g/mol. The third-order valence-corrected chi connectivity index (χ3v) is 8.53. The number of carboxylic acids is 1. The summed E-state index contributed by atoms with van der Waals surface area (Å²) in [6.07, 6.45) is 3.66. The first-order chi connectivity index (χ1) is 20.4. The van der Waals surface area contributed by atoms with E-state index in [0.29, 0.717) is 37.4 Å². The largest absolute Gasteiger partial charge is 0.477 e. The first-order valence-electron chi connectivity index (χ1n) is 14.0. The molecule has 10 heteroatoms. The van der Waals surface area contributed by atoms with Gasteiger partial charge in [0.15, 0.2) is 0 Å². The quantitative estimate of drug-likeness (QED) is 0.329. The van der Waals surface area contributed by atoms with Crippen molar-refractivity contribution in [2.24, 2.45) is 0 Å². The van der Waals surface area contributed by atoms with Gasteiger partial charge in [-0.25, -0.2) is 9.18 Å². The molecule has 1 aromatic heterocycles. The summed E-state index contributed by atoms with van der Waals surface area (Å²) in [5.74, 6) is -2.08. The second kappa shape index (κ2) is 11.5. The molecule has 1 N–H and O–H groups in total. The van der Waals surface area contributed by atoms with Crippen molar-refractivity contribution >= 4 is 39.8 Å². The van der Waals surface area contributed by atoms with Gasteiger partial charge in [-0.3, -0.25) is 9.69 Å². The SMILES string of the molecule is N#Cc1ccccc1N1CCN(c2c(F)cc3c(=O)c(C(=O)O)cn(-c4ccc(CN5CCCC5)cc4)c3c2Cl)CC1. The second-order valence-electron chi connectivity index (χ2n) is 10.7. The standard InChI is InChI=1S/C32H29ClFN5O3/c33-28-29-24(17-26(34)30(28)38-15-13-37(14-16-38)27-6-2-1-5-22(27)18-35)31(40)25(32(41)42)20-39(29)23-9-7-21(8-10-23)19-36-11-3-4-12-36/h1-2,5-10,17,20H,3-4,11-16,19H2,(H,41,42). The van der Waals surface area contributed by atoms with E-state index in [4.69, 9.17) is 11.6 Å². The highest BCUT2D eigenvalue weighted by Gasteiger charge is 2.27. The van der Waals surface area contributed by atoms with Gasteiger partial charge in [0.2, 0.25) is 5.43 Å². The van der Waals surface area contributed by atoms with E-state index in [2.05, 4.69) is 15.9 Å². The minimum absolute atomic E-state index is 0.0473. The van der Waals surface area contributed by atoms with E-state index >= 15 is 4.39 Å². The zero-order valence-electron chi connectivity index (χ0n) is 22.9. The molecule has 0 spiro atoms. The number of carbonyl (C=O) groups is 1. The van der Waals surface area contributed by atoms with Crippen LogP contribution < -0.4 is 15.2 Å². The molecule has 6 rings (SSSR count). The Bertz CT molecular complexity index is 1770. The average molecular weight is 586 g/mol. The molecule has 2 saturated heterocycles. The maximum absolute atomic E-state index is 15.7. The number of hydrogen-bond donors (Lipinski definition) is 1. The van der Waals surface area contributed by atoms with E-state index in [1.807, 2.05) is 47.4 Å². The lowest BCUT2D eigenvalue weighted by molar-refractivity contribution is 0.0695. The first-order valence-corrected chi connectivity index (χ1v) is 14.3. The Morgan fingerprint density at radius 3 is 2.31 bits per heavy atom. The van der Waals surface area contributed by atoms with Crippen LogP contribution in [0.1, 0.15) is 34.3 Å². The highest BCUT2D eigenvalue weighted by molar-refractivity contribution is 6.38. The molecule has 0 saturated carbocycles. The van der Waals surface area contributed by atoms with Crippen LogP contribution in [0.4, 0.5) is 15.8 Å². The number of likely N-dealkylation sites (tertiary alicyclic amines) is 1. The summed E-state index contributed by atoms with van der Waals surface area (Å²) in [4.78, 5) is 31.5. The van der Waals surface area contributed by atoms with Gasteiger partial charge in [0, 0.05) is 44.6 Å². The first kappa shape index (κ1) is 27.8. The van der Waals surface area contributed by atoms with Crippen LogP contribution in [0, 0.1) is 17.1 Å². The second-order valence-corrected chi connectivity index (χ2v) is 11.1. The number of nitriles is 1. The van der Waals surface area contributed by atoms with Crippen molar-refractivity contribution < 1.29 is 14.3 Å². The number of pyridine rings is 1. The van der Waals surface area contributed by atoms with E-state index in [1.54, 1.807) is 10.6 Å². The molecular formula is C32H29ClFN5O3. The summed E-state index contributed by atoms with van der Waals surface area (Å²) in [5.41, 5.74) is 2.31. The van der Waals surface area contributed by atoms with Crippen LogP contribution in [0.25, 0.3) is 16.6 Å². The molecule has 0 bridgehead atoms. The Kier molecular flexibility index (Phi) is 7.58.